The van der Waals surface area contributed by atoms with Gasteiger partial charge in [-0.2, -0.15) is 0 Å². The van der Waals surface area contributed by atoms with Gasteiger partial charge >= 0.3 is 0 Å². The van der Waals surface area contributed by atoms with Gasteiger partial charge in [-0.1, -0.05) is 0 Å². The maximum absolute atomic E-state index is 0. The van der Waals surface area contributed by atoms with Crippen LogP contribution in [0.2, 0.25) is 0 Å². The van der Waals surface area contributed by atoms with Crippen LogP contribution in [0.25, 0.3) is 0 Å². The Morgan fingerprint density at radius 2 is 0.600 bits per heavy atom. The molecule has 0 N–H and O–H groups in total. The van der Waals surface area contributed by atoms with Gasteiger partial charge in [-0.25, -0.2) is 0 Å². The molecular weight excluding hydrogens is 257 g/mol. The van der Waals surface area contributed by atoms with Crippen LogP contribution in [0.4, 0.5) is 0 Å². The van der Waals surface area contributed by atoms with Crippen molar-refractivity contribution in [1.82, 2.24) is 0 Å². The topological polar surface area (TPSA) is 0 Å². The summed E-state index contributed by atoms with van der Waals surface area (Å²) in [4.78, 5) is 0. The molecule has 0 fully saturated rings. The predicted octanol–water partition coefficient (Wildman–Crippen LogP) is 0.885. The third kappa shape index (κ3) is 22.0. The molecule has 31 valence electrons. The van der Waals surface area contributed by atoms with Gasteiger partial charge in [0.25, 0.3) is 0 Å². The number of hydrogen-bond acceptors (Lipinski definition) is 0. The molecule has 0 bridgehead atoms. The second-order valence-corrected chi connectivity index (χ2v) is 0. The Balaban J connectivity index is 0. The SMILES string of the molecule is Cl.Cl.Cl.[B].[Ce]. The Bertz CT molecular complexity index is 6.85. The fraction of sp³-hybridized carbons (Fsp3) is 0. The average Bonchev–Trinajstić information content (AvgIpc) is 0. The van der Waals surface area contributed by atoms with E-state index in [1.54, 1.807) is 0 Å². The van der Waals surface area contributed by atoms with E-state index in [-0.39, 0.29) is 87.4 Å². The van der Waals surface area contributed by atoms with Crippen LogP contribution in [0.1, 0.15) is 0 Å². The minimum Gasteiger partial charge on any atom is -0.147 e. The third-order valence-electron chi connectivity index (χ3n) is 0. The van der Waals surface area contributed by atoms with Gasteiger partial charge in [0, 0.05) is 50.2 Å². The molecule has 0 aliphatic heterocycles. The molecule has 0 spiro atoms. The second-order valence-electron chi connectivity index (χ2n) is 0. The Labute approximate surface area is 86.0 Å². The van der Waals surface area contributed by atoms with Crippen molar-refractivity contribution in [3.63, 3.8) is 0 Å². The summed E-state index contributed by atoms with van der Waals surface area (Å²) in [7, 11) is 0. The summed E-state index contributed by atoms with van der Waals surface area (Å²) in [5, 5.41) is 0. The molecule has 0 aromatic heterocycles. The number of halogens is 3. The van der Waals surface area contributed by atoms with Crippen LogP contribution in [-0.4, -0.2) is 8.41 Å². The van der Waals surface area contributed by atoms with E-state index < -0.39 is 0 Å². The molecule has 0 aliphatic carbocycles. The Kier molecular flexibility index (Phi) is 363. The minimum atomic E-state index is 0. The Morgan fingerprint density at radius 1 is 0.600 bits per heavy atom. The first-order chi connectivity index (χ1) is 0. The maximum Gasteiger partial charge on any atom is 0 e. The smallest absolute Gasteiger partial charge is 0 e. The Morgan fingerprint density at radius 3 is 0.600 bits per heavy atom. The van der Waals surface area contributed by atoms with Crippen LogP contribution in [0.15, 0.2) is 0 Å². The molecule has 5 heteroatoms. The summed E-state index contributed by atoms with van der Waals surface area (Å²) in [5.41, 5.74) is 0. The molecule has 5 heavy (non-hydrogen) atoms. The average molecular weight is 260 g/mol. The summed E-state index contributed by atoms with van der Waals surface area (Å²) in [5.74, 6) is 0. The van der Waals surface area contributed by atoms with E-state index in [9.17, 15) is 0 Å². The van der Waals surface area contributed by atoms with Crippen LogP contribution >= 0.6 is 37.2 Å². The Hall–Kier alpha value is 2.31. The van der Waals surface area contributed by atoms with E-state index in [2.05, 4.69) is 0 Å². The standard InChI is InChI=1S/B.Ce.3ClH/h;;3*1H. The van der Waals surface area contributed by atoms with Crippen LogP contribution in [0.5, 0.6) is 0 Å². The predicted molar refractivity (Wildman–Crippen MR) is 27.5 cm³/mol. The minimum absolute atomic E-state index is 0. The molecule has 0 rings (SSSR count). The van der Waals surface area contributed by atoms with Gasteiger partial charge in [0.2, 0.25) is 0 Å². The largest absolute Gasteiger partial charge is 0.147 e. The van der Waals surface area contributed by atoms with E-state index in [0.717, 1.165) is 0 Å². The molecule has 0 nitrogen and oxygen atoms in total. The number of rotatable bonds is 0. The first-order valence-corrected chi connectivity index (χ1v) is 0. The first kappa shape index (κ1) is 54.5. The molecule has 0 amide bonds. The van der Waals surface area contributed by atoms with E-state index in [1.807, 2.05) is 0 Å². The van der Waals surface area contributed by atoms with E-state index in [4.69, 9.17) is 0 Å². The fourth-order valence-electron chi connectivity index (χ4n) is 0. The van der Waals surface area contributed by atoms with Gasteiger partial charge in [-0.3, -0.25) is 0 Å². The van der Waals surface area contributed by atoms with Gasteiger partial charge in [-0.15, -0.1) is 37.2 Å². The summed E-state index contributed by atoms with van der Waals surface area (Å²) >= 11 is 0. The number of hydrogen-bond donors (Lipinski definition) is 0. The third-order valence-corrected chi connectivity index (χ3v) is 0. The van der Waals surface area contributed by atoms with Gasteiger partial charge < -0.3 is 0 Å². The second kappa shape index (κ2) is 33.3. The van der Waals surface area contributed by atoms with Crippen molar-refractivity contribution >= 4 is 45.6 Å². The molecular formula is H3BCeCl3. The van der Waals surface area contributed by atoms with E-state index in [1.165, 1.54) is 0 Å². The molecule has 0 unspecified atom stereocenters. The molecule has 0 heterocycles. The monoisotopic (exact) mass is 259 g/mol. The molecule has 0 saturated carbocycles. The molecule has 0 aromatic rings. The van der Waals surface area contributed by atoms with Crippen LogP contribution in [0.3, 0.4) is 0 Å². The van der Waals surface area contributed by atoms with Crippen LogP contribution in [-0.2, 0) is 0 Å². The van der Waals surface area contributed by atoms with Gasteiger partial charge in [-0.05, 0) is 0 Å². The van der Waals surface area contributed by atoms with E-state index >= 15 is 0 Å². The summed E-state index contributed by atoms with van der Waals surface area (Å²) in [6.07, 6.45) is 0. The van der Waals surface area contributed by atoms with Crippen molar-refractivity contribution in [1.29, 1.82) is 0 Å². The molecule has 0 aromatic carbocycles. The summed E-state index contributed by atoms with van der Waals surface area (Å²) in [6.45, 7) is 0. The van der Waals surface area contributed by atoms with Crippen molar-refractivity contribution in [2.75, 3.05) is 0 Å². The summed E-state index contributed by atoms with van der Waals surface area (Å²) in [6, 6.07) is 0. The van der Waals surface area contributed by atoms with Crippen molar-refractivity contribution in [3.05, 3.63) is 0 Å². The maximum atomic E-state index is 0. The zero-order valence-corrected chi connectivity index (χ0v) is 7.89. The quantitative estimate of drug-likeness (QED) is 0.567. The van der Waals surface area contributed by atoms with Gasteiger partial charge in [0.05, 0.1) is 0 Å². The van der Waals surface area contributed by atoms with Crippen molar-refractivity contribution < 1.29 is 41.7 Å². The zero-order chi connectivity index (χ0) is 0. The molecule has 0 aliphatic rings. The van der Waals surface area contributed by atoms with Crippen molar-refractivity contribution in [3.8, 4) is 0 Å². The van der Waals surface area contributed by atoms with Gasteiger partial charge in [0.1, 0.15) is 0 Å². The molecule has 0 saturated heterocycles. The van der Waals surface area contributed by atoms with Crippen LogP contribution in [0, 0.1) is 41.7 Å². The normalized spacial score (nSPS) is 0. The zero-order valence-electron chi connectivity index (χ0n) is 2.30. The first-order valence-electron chi connectivity index (χ1n) is 0. The summed E-state index contributed by atoms with van der Waals surface area (Å²) < 4.78 is 0. The van der Waals surface area contributed by atoms with Crippen molar-refractivity contribution in [2.45, 2.75) is 0 Å². The van der Waals surface area contributed by atoms with Gasteiger partial charge in [0.15, 0.2) is 0 Å². The molecule has 3 radical (unpaired) electrons. The fourth-order valence-corrected chi connectivity index (χ4v) is 0. The molecule has 0 atom stereocenters. The van der Waals surface area contributed by atoms with Crippen LogP contribution < -0.4 is 0 Å². The van der Waals surface area contributed by atoms with E-state index in [0.29, 0.717) is 0 Å². The van der Waals surface area contributed by atoms with Crippen molar-refractivity contribution in [2.24, 2.45) is 0 Å².